The Balaban J connectivity index is 1.98. The molecule has 6 nitrogen and oxygen atoms in total. The average molecular weight is 323 g/mol. The second-order valence-electron chi connectivity index (χ2n) is 5.17. The number of ether oxygens (including phenoxy) is 1. The number of hydrogen-bond donors (Lipinski definition) is 1. The Morgan fingerprint density at radius 1 is 1.21 bits per heavy atom. The molecule has 0 saturated carbocycles. The number of carbonyl (C=O) groups is 2. The molecule has 0 unspecified atom stereocenters. The van der Waals surface area contributed by atoms with E-state index in [1.165, 1.54) is 12.0 Å². The Kier molecular flexibility index (Phi) is 5.53. The minimum Gasteiger partial charge on any atom is -0.465 e. The fourth-order valence-electron chi connectivity index (χ4n) is 2.11. The topological polar surface area (TPSA) is 82.4 Å². The first-order valence-corrected chi connectivity index (χ1v) is 7.23. The number of nitriles is 1. The molecule has 0 spiro atoms. The van der Waals surface area contributed by atoms with E-state index in [4.69, 9.17) is 5.26 Å². The van der Waals surface area contributed by atoms with Crippen LogP contribution in [0.15, 0.2) is 48.5 Å². The van der Waals surface area contributed by atoms with Gasteiger partial charge in [0.25, 0.3) is 0 Å². The molecule has 6 heteroatoms. The quantitative estimate of drug-likeness (QED) is 0.877. The highest BCUT2D eigenvalue weighted by atomic mass is 16.5. The van der Waals surface area contributed by atoms with E-state index >= 15 is 0 Å². The SMILES string of the molecule is COC(=O)c1ccc(NC(=O)N(C)Cc2cccc(C#N)c2)cc1. The number of rotatable bonds is 4. The van der Waals surface area contributed by atoms with Crippen LogP contribution in [0.4, 0.5) is 10.5 Å². The second-order valence-corrected chi connectivity index (χ2v) is 5.17. The van der Waals surface area contributed by atoms with E-state index in [2.05, 4.69) is 16.1 Å². The molecule has 0 aliphatic carbocycles. The maximum Gasteiger partial charge on any atom is 0.337 e. The number of benzene rings is 2. The smallest absolute Gasteiger partial charge is 0.337 e. The zero-order chi connectivity index (χ0) is 17.5. The molecule has 122 valence electrons. The minimum absolute atomic E-state index is 0.289. The van der Waals surface area contributed by atoms with E-state index in [0.717, 1.165) is 5.56 Å². The van der Waals surface area contributed by atoms with E-state index in [1.54, 1.807) is 49.5 Å². The summed E-state index contributed by atoms with van der Waals surface area (Å²) in [5.41, 5.74) is 2.41. The summed E-state index contributed by atoms with van der Waals surface area (Å²) in [6.07, 6.45) is 0. The van der Waals surface area contributed by atoms with Crippen LogP contribution < -0.4 is 5.32 Å². The van der Waals surface area contributed by atoms with Gasteiger partial charge in [0.05, 0.1) is 24.3 Å². The summed E-state index contributed by atoms with van der Waals surface area (Å²) < 4.78 is 4.62. The van der Waals surface area contributed by atoms with Crippen LogP contribution in [0.2, 0.25) is 0 Å². The molecule has 0 saturated heterocycles. The van der Waals surface area contributed by atoms with Gasteiger partial charge in [0, 0.05) is 19.3 Å². The van der Waals surface area contributed by atoms with Gasteiger partial charge in [-0.3, -0.25) is 0 Å². The fourth-order valence-corrected chi connectivity index (χ4v) is 2.11. The molecule has 0 heterocycles. The van der Waals surface area contributed by atoms with Crippen molar-refractivity contribution in [3.05, 3.63) is 65.2 Å². The van der Waals surface area contributed by atoms with Crippen LogP contribution in [0.3, 0.4) is 0 Å². The van der Waals surface area contributed by atoms with Crippen LogP contribution in [0.25, 0.3) is 0 Å². The number of anilines is 1. The standard InChI is InChI=1S/C18H17N3O3/c1-21(12-14-5-3-4-13(10-14)11-19)18(23)20-16-8-6-15(7-9-16)17(22)24-2/h3-10H,12H2,1-2H3,(H,20,23). The normalized spacial score (nSPS) is 9.71. The summed E-state index contributed by atoms with van der Waals surface area (Å²) in [7, 11) is 2.98. The van der Waals surface area contributed by atoms with E-state index < -0.39 is 5.97 Å². The van der Waals surface area contributed by atoms with E-state index in [0.29, 0.717) is 23.4 Å². The van der Waals surface area contributed by atoms with Crippen LogP contribution in [0, 0.1) is 11.3 Å². The Morgan fingerprint density at radius 2 is 1.92 bits per heavy atom. The zero-order valence-electron chi connectivity index (χ0n) is 13.4. The predicted molar refractivity (Wildman–Crippen MR) is 89.4 cm³/mol. The van der Waals surface area contributed by atoms with Crippen LogP contribution in [-0.4, -0.2) is 31.1 Å². The number of esters is 1. The largest absolute Gasteiger partial charge is 0.465 e. The number of urea groups is 1. The van der Waals surface area contributed by atoms with E-state index in [9.17, 15) is 9.59 Å². The first kappa shape index (κ1) is 17.0. The molecule has 2 amide bonds. The average Bonchev–Trinajstić information content (AvgIpc) is 2.61. The third-order valence-corrected chi connectivity index (χ3v) is 3.38. The Labute approximate surface area is 140 Å². The molecule has 2 rings (SSSR count). The summed E-state index contributed by atoms with van der Waals surface area (Å²) in [5.74, 6) is -0.428. The van der Waals surface area contributed by atoms with Crippen molar-refractivity contribution in [1.82, 2.24) is 4.90 Å². The van der Waals surface area contributed by atoms with Gasteiger partial charge in [-0.15, -0.1) is 0 Å². The van der Waals surface area contributed by atoms with Crippen molar-refractivity contribution in [2.24, 2.45) is 0 Å². The Bertz CT molecular complexity index is 779. The monoisotopic (exact) mass is 323 g/mol. The van der Waals surface area contributed by atoms with Crippen molar-refractivity contribution < 1.29 is 14.3 Å². The summed E-state index contributed by atoms with van der Waals surface area (Å²) in [6, 6.07) is 15.3. The Hall–Kier alpha value is -3.33. The van der Waals surface area contributed by atoms with Gasteiger partial charge >= 0.3 is 12.0 Å². The molecule has 0 aliphatic heterocycles. The maximum atomic E-state index is 12.2. The molecule has 2 aromatic rings. The molecule has 24 heavy (non-hydrogen) atoms. The summed E-state index contributed by atoms with van der Waals surface area (Å²) >= 11 is 0. The molecule has 0 radical (unpaired) electrons. The number of methoxy groups -OCH3 is 1. The highest BCUT2D eigenvalue weighted by Gasteiger charge is 2.11. The van der Waals surface area contributed by atoms with Crippen molar-refractivity contribution in [3.63, 3.8) is 0 Å². The van der Waals surface area contributed by atoms with Gasteiger partial charge in [-0.1, -0.05) is 12.1 Å². The van der Waals surface area contributed by atoms with Crippen LogP contribution >= 0.6 is 0 Å². The molecule has 0 aliphatic rings. The van der Waals surface area contributed by atoms with Gasteiger partial charge in [-0.2, -0.15) is 5.26 Å². The number of carbonyl (C=O) groups excluding carboxylic acids is 2. The highest BCUT2D eigenvalue weighted by molar-refractivity contribution is 5.92. The number of nitrogens with zero attached hydrogens (tertiary/aromatic N) is 2. The van der Waals surface area contributed by atoms with E-state index in [1.807, 2.05) is 6.07 Å². The molecule has 0 fully saturated rings. The van der Waals surface area contributed by atoms with Crippen LogP contribution in [0.5, 0.6) is 0 Å². The first-order valence-electron chi connectivity index (χ1n) is 7.23. The van der Waals surface area contributed by atoms with Gasteiger partial charge in [-0.05, 0) is 42.0 Å². The molecule has 0 bridgehead atoms. The van der Waals surface area contributed by atoms with Crippen molar-refractivity contribution >= 4 is 17.7 Å². The third kappa shape index (κ3) is 4.34. The molecular formula is C18H17N3O3. The van der Waals surface area contributed by atoms with Gasteiger partial charge in [0.15, 0.2) is 0 Å². The van der Waals surface area contributed by atoms with Gasteiger partial charge in [0.2, 0.25) is 0 Å². The van der Waals surface area contributed by atoms with Crippen LogP contribution in [0.1, 0.15) is 21.5 Å². The molecule has 0 atom stereocenters. The lowest BCUT2D eigenvalue weighted by Crippen LogP contribution is -2.30. The summed E-state index contributed by atoms with van der Waals surface area (Å²) in [5, 5.41) is 11.6. The summed E-state index contributed by atoms with van der Waals surface area (Å²) in [6.45, 7) is 0.377. The lowest BCUT2D eigenvalue weighted by atomic mass is 10.1. The maximum absolute atomic E-state index is 12.2. The van der Waals surface area contributed by atoms with Gasteiger partial charge < -0.3 is 15.0 Å². The van der Waals surface area contributed by atoms with Gasteiger partial charge in [0.1, 0.15) is 0 Å². The fraction of sp³-hybridized carbons (Fsp3) is 0.167. The van der Waals surface area contributed by atoms with Crippen LogP contribution in [-0.2, 0) is 11.3 Å². The minimum atomic E-state index is -0.428. The highest BCUT2D eigenvalue weighted by Crippen LogP contribution is 2.12. The molecule has 2 aromatic carbocycles. The van der Waals surface area contributed by atoms with Crippen molar-refractivity contribution in [1.29, 1.82) is 5.26 Å². The molecule has 0 aromatic heterocycles. The first-order chi connectivity index (χ1) is 11.5. The zero-order valence-corrected chi connectivity index (χ0v) is 13.4. The lowest BCUT2D eigenvalue weighted by molar-refractivity contribution is 0.0601. The van der Waals surface area contributed by atoms with Gasteiger partial charge in [-0.25, -0.2) is 9.59 Å². The summed E-state index contributed by atoms with van der Waals surface area (Å²) in [4.78, 5) is 25.1. The van der Waals surface area contributed by atoms with Crippen molar-refractivity contribution in [2.75, 3.05) is 19.5 Å². The molecular weight excluding hydrogens is 306 g/mol. The number of nitrogens with one attached hydrogen (secondary N) is 1. The van der Waals surface area contributed by atoms with E-state index in [-0.39, 0.29) is 6.03 Å². The predicted octanol–water partition coefficient (Wildman–Crippen LogP) is 3.01. The number of amides is 2. The number of hydrogen-bond acceptors (Lipinski definition) is 4. The lowest BCUT2D eigenvalue weighted by Gasteiger charge is -2.18. The van der Waals surface area contributed by atoms with Crippen molar-refractivity contribution in [3.8, 4) is 6.07 Å². The van der Waals surface area contributed by atoms with Crippen molar-refractivity contribution in [2.45, 2.75) is 6.54 Å². The second kappa shape index (κ2) is 7.79. The molecule has 1 N–H and O–H groups in total. The Morgan fingerprint density at radius 3 is 2.54 bits per heavy atom. The third-order valence-electron chi connectivity index (χ3n) is 3.38.